The van der Waals surface area contributed by atoms with Gasteiger partial charge in [-0.3, -0.25) is 4.79 Å². The van der Waals surface area contributed by atoms with Gasteiger partial charge >= 0.3 is 0 Å². The number of carbonyl (C=O) groups excluding carboxylic acids is 1. The van der Waals surface area contributed by atoms with E-state index >= 15 is 0 Å². The lowest BCUT2D eigenvalue weighted by molar-refractivity contribution is -0.122. The fraction of sp³-hybridized carbons (Fsp3) is 0.240. The zero-order chi connectivity index (χ0) is 19.4. The van der Waals surface area contributed by atoms with Gasteiger partial charge in [0.2, 0.25) is 5.91 Å². The normalized spacial score (nSPS) is 14.6. The van der Waals surface area contributed by atoms with Crippen LogP contribution in [-0.4, -0.2) is 23.2 Å². The van der Waals surface area contributed by atoms with Crippen molar-refractivity contribution in [1.29, 1.82) is 0 Å². The Morgan fingerprint density at radius 2 is 1.29 bits per heavy atom. The van der Waals surface area contributed by atoms with Gasteiger partial charge in [0.25, 0.3) is 0 Å². The van der Waals surface area contributed by atoms with Crippen molar-refractivity contribution in [3.63, 3.8) is 0 Å². The highest BCUT2D eigenvalue weighted by Gasteiger charge is 2.35. The van der Waals surface area contributed by atoms with Crippen molar-refractivity contribution >= 4 is 5.91 Å². The third-order valence-corrected chi connectivity index (χ3v) is 5.57. The number of hydrogen-bond donors (Lipinski definition) is 2. The third-order valence-electron chi connectivity index (χ3n) is 5.57. The molecule has 0 aliphatic heterocycles. The van der Waals surface area contributed by atoms with E-state index in [9.17, 15) is 9.90 Å². The van der Waals surface area contributed by atoms with Crippen LogP contribution in [0, 0.1) is 0 Å². The number of nitrogens with one attached hydrogen (secondary N) is 1. The number of carbonyl (C=O) groups is 1. The molecule has 1 aliphatic carbocycles. The first-order valence-corrected chi connectivity index (χ1v) is 9.79. The molecule has 0 spiro atoms. The predicted octanol–water partition coefficient (Wildman–Crippen LogP) is 3.85. The van der Waals surface area contributed by atoms with Gasteiger partial charge in [-0.25, -0.2) is 0 Å². The molecule has 0 saturated carbocycles. The minimum absolute atomic E-state index is 0.00202. The van der Waals surface area contributed by atoms with Crippen LogP contribution in [0.3, 0.4) is 0 Å². The lowest BCUT2D eigenvalue weighted by atomic mass is 9.88. The Labute approximate surface area is 166 Å². The number of amides is 1. The molecule has 3 heteroatoms. The quantitative estimate of drug-likeness (QED) is 0.691. The minimum atomic E-state index is -0.895. The van der Waals surface area contributed by atoms with Crippen molar-refractivity contribution in [1.82, 2.24) is 5.32 Å². The summed E-state index contributed by atoms with van der Waals surface area (Å²) >= 11 is 0. The first-order chi connectivity index (χ1) is 13.6. The molecule has 3 nitrogen and oxygen atoms in total. The van der Waals surface area contributed by atoms with E-state index in [0.29, 0.717) is 19.3 Å². The maximum Gasteiger partial charge on any atom is 0.221 e. The molecule has 0 saturated heterocycles. The smallest absolute Gasteiger partial charge is 0.221 e. The van der Waals surface area contributed by atoms with E-state index < -0.39 is 5.60 Å². The van der Waals surface area contributed by atoms with Crippen molar-refractivity contribution < 1.29 is 9.90 Å². The van der Waals surface area contributed by atoms with Crippen molar-refractivity contribution in [2.24, 2.45) is 0 Å². The molecular formula is C25H25NO2. The van der Waals surface area contributed by atoms with Crippen LogP contribution >= 0.6 is 0 Å². The van der Waals surface area contributed by atoms with Crippen LogP contribution in [0.15, 0.2) is 84.9 Å². The van der Waals surface area contributed by atoms with E-state index in [0.717, 1.165) is 11.1 Å². The Balaban J connectivity index is 1.43. The van der Waals surface area contributed by atoms with Crippen LogP contribution in [0.25, 0.3) is 0 Å². The fourth-order valence-corrected chi connectivity index (χ4v) is 4.12. The average Bonchev–Trinajstić information content (AvgIpc) is 3.08. The zero-order valence-corrected chi connectivity index (χ0v) is 15.8. The highest BCUT2D eigenvalue weighted by Crippen LogP contribution is 2.30. The summed E-state index contributed by atoms with van der Waals surface area (Å²) in [6.07, 6.45) is 1.53. The summed E-state index contributed by atoms with van der Waals surface area (Å²) in [6.45, 7) is 0.275. The summed E-state index contributed by atoms with van der Waals surface area (Å²) in [4.78, 5) is 12.7. The number of rotatable bonds is 6. The van der Waals surface area contributed by atoms with Crippen molar-refractivity contribution in [2.45, 2.75) is 30.8 Å². The second-order valence-corrected chi connectivity index (χ2v) is 7.70. The second kappa shape index (κ2) is 7.99. The Morgan fingerprint density at radius 3 is 1.79 bits per heavy atom. The van der Waals surface area contributed by atoms with E-state index in [-0.39, 0.29) is 18.4 Å². The molecule has 0 radical (unpaired) electrons. The highest BCUT2D eigenvalue weighted by atomic mass is 16.3. The molecule has 0 bridgehead atoms. The molecule has 142 valence electrons. The third kappa shape index (κ3) is 4.15. The number of aliphatic hydroxyl groups is 1. The summed E-state index contributed by atoms with van der Waals surface area (Å²) in [6, 6.07) is 28.3. The molecular weight excluding hydrogens is 346 g/mol. The molecule has 0 atom stereocenters. The highest BCUT2D eigenvalue weighted by molar-refractivity contribution is 5.77. The van der Waals surface area contributed by atoms with E-state index in [1.165, 1.54) is 11.1 Å². The van der Waals surface area contributed by atoms with Crippen LogP contribution in [0.1, 0.15) is 34.6 Å². The number of hydrogen-bond acceptors (Lipinski definition) is 2. The molecule has 0 heterocycles. The van der Waals surface area contributed by atoms with Crippen LogP contribution in [0.5, 0.6) is 0 Å². The van der Waals surface area contributed by atoms with Crippen molar-refractivity contribution in [3.8, 4) is 0 Å². The zero-order valence-electron chi connectivity index (χ0n) is 15.8. The van der Waals surface area contributed by atoms with Gasteiger partial charge in [0.05, 0.1) is 5.60 Å². The van der Waals surface area contributed by atoms with Gasteiger partial charge in [-0.05, 0) is 22.3 Å². The van der Waals surface area contributed by atoms with Crippen molar-refractivity contribution in [2.75, 3.05) is 6.54 Å². The Morgan fingerprint density at radius 1 is 0.821 bits per heavy atom. The summed E-state index contributed by atoms with van der Waals surface area (Å²) in [5.74, 6) is -0.0418. The molecule has 3 aromatic rings. The van der Waals surface area contributed by atoms with Gasteiger partial charge < -0.3 is 10.4 Å². The predicted molar refractivity (Wildman–Crippen MR) is 111 cm³/mol. The fourth-order valence-electron chi connectivity index (χ4n) is 4.12. The molecule has 1 amide bonds. The van der Waals surface area contributed by atoms with Crippen molar-refractivity contribution in [3.05, 3.63) is 107 Å². The summed E-state index contributed by atoms with van der Waals surface area (Å²) < 4.78 is 0. The first-order valence-electron chi connectivity index (χ1n) is 9.79. The average molecular weight is 371 g/mol. The number of benzene rings is 3. The molecule has 28 heavy (non-hydrogen) atoms. The van der Waals surface area contributed by atoms with Gasteiger partial charge in [-0.15, -0.1) is 0 Å². The van der Waals surface area contributed by atoms with Gasteiger partial charge in [-0.2, -0.15) is 0 Å². The van der Waals surface area contributed by atoms with Crippen LogP contribution < -0.4 is 5.32 Å². The van der Waals surface area contributed by atoms with E-state index in [1.54, 1.807) is 0 Å². The molecule has 0 unspecified atom stereocenters. The largest absolute Gasteiger partial charge is 0.387 e. The van der Waals surface area contributed by atoms with Gasteiger partial charge in [-0.1, -0.05) is 84.9 Å². The summed E-state index contributed by atoms with van der Waals surface area (Å²) in [5.41, 5.74) is 3.69. The van der Waals surface area contributed by atoms with Crippen LogP contribution in [-0.2, 0) is 17.6 Å². The lowest BCUT2D eigenvalue weighted by Gasteiger charge is -2.24. The maximum atomic E-state index is 12.7. The van der Waals surface area contributed by atoms with Gasteiger partial charge in [0.15, 0.2) is 0 Å². The summed E-state index contributed by atoms with van der Waals surface area (Å²) in [7, 11) is 0. The molecule has 0 fully saturated rings. The minimum Gasteiger partial charge on any atom is -0.387 e. The van der Waals surface area contributed by atoms with Gasteiger partial charge in [0, 0.05) is 31.7 Å². The maximum absolute atomic E-state index is 12.7. The SMILES string of the molecule is O=C(CC(c1ccccc1)c1ccccc1)NCC1(O)Cc2ccccc2C1. The summed E-state index contributed by atoms with van der Waals surface area (Å²) in [5, 5.41) is 13.9. The standard InChI is InChI=1S/C25H25NO2/c27-24(26-18-25(28)16-21-13-7-8-14-22(21)17-25)15-23(19-9-3-1-4-10-19)20-11-5-2-6-12-20/h1-14,23,28H,15-18H2,(H,26,27). The molecule has 3 aromatic carbocycles. The second-order valence-electron chi connectivity index (χ2n) is 7.70. The Bertz CT molecular complexity index is 873. The van der Waals surface area contributed by atoms with E-state index in [1.807, 2.05) is 48.5 Å². The Kier molecular flexibility index (Phi) is 5.27. The molecule has 1 aliphatic rings. The van der Waals surface area contributed by atoms with Crippen LogP contribution in [0.4, 0.5) is 0 Å². The van der Waals surface area contributed by atoms with E-state index in [4.69, 9.17) is 0 Å². The molecule has 4 rings (SSSR count). The number of fused-ring (bicyclic) bond motifs is 1. The topological polar surface area (TPSA) is 49.3 Å². The first kappa shape index (κ1) is 18.5. The molecule has 2 N–H and O–H groups in total. The van der Waals surface area contributed by atoms with Crippen LogP contribution in [0.2, 0.25) is 0 Å². The van der Waals surface area contributed by atoms with Gasteiger partial charge in [0.1, 0.15) is 0 Å². The Hall–Kier alpha value is -2.91. The molecule has 0 aromatic heterocycles. The lowest BCUT2D eigenvalue weighted by Crippen LogP contribution is -2.44. The monoisotopic (exact) mass is 371 g/mol. The van der Waals surface area contributed by atoms with E-state index in [2.05, 4.69) is 41.7 Å².